The molecule has 2 heterocycles. The van der Waals surface area contributed by atoms with Crippen LogP contribution in [-0.2, 0) is 0 Å². The molecule has 0 radical (unpaired) electrons. The van der Waals surface area contributed by atoms with E-state index in [1.54, 1.807) is 36.0 Å². The highest BCUT2D eigenvalue weighted by molar-refractivity contribution is 6.30. The molecule has 118 valence electrons. The Morgan fingerprint density at radius 2 is 1.96 bits per heavy atom. The van der Waals surface area contributed by atoms with E-state index in [-0.39, 0.29) is 11.9 Å². The van der Waals surface area contributed by atoms with Crippen molar-refractivity contribution in [2.75, 3.05) is 7.11 Å². The maximum absolute atomic E-state index is 12.4. The number of pyridine rings is 1. The first-order chi connectivity index (χ1) is 11.1. The number of methoxy groups -OCH3 is 1. The van der Waals surface area contributed by atoms with E-state index >= 15 is 0 Å². The van der Waals surface area contributed by atoms with E-state index in [1.165, 1.54) is 0 Å². The summed E-state index contributed by atoms with van der Waals surface area (Å²) in [6.07, 6.45) is 3.38. The number of hydrogen-bond acceptors (Lipinski definition) is 3. The van der Waals surface area contributed by atoms with E-state index in [4.69, 9.17) is 16.3 Å². The van der Waals surface area contributed by atoms with Crippen molar-refractivity contribution in [3.63, 3.8) is 0 Å². The van der Waals surface area contributed by atoms with Crippen molar-refractivity contribution in [3.05, 3.63) is 65.1 Å². The first kappa shape index (κ1) is 15.4. The van der Waals surface area contributed by atoms with Crippen LogP contribution in [0.2, 0.25) is 5.02 Å². The van der Waals surface area contributed by atoms with E-state index in [0.717, 1.165) is 11.3 Å². The van der Waals surface area contributed by atoms with Crippen molar-refractivity contribution < 1.29 is 9.53 Å². The Bertz CT molecular complexity index is 843. The molecular weight excluding hydrogens is 314 g/mol. The fraction of sp³-hybridized carbons (Fsp3) is 0.176. The number of carbonyl (C=O) groups is 1. The molecule has 1 N–H and O–H groups in total. The third-order valence-corrected chi connectivity index (χ3v) is 3.83. The number of halogens is 1. The van der Waals surface area contributed by atoms with Crippen LogP contribution in [-0.4, -0.2) is 22.4 Å². The molecule has 0 saturated heterocycles. The summed E-state index contributed by atoms with van der Waals surface area (Å²) in [5, 5.41) is 3.53. The minimum Gasteiger partial charge on any atom is -0.497 e. The van der Waals surface area contributed by atoms with Crippen molar-refractivity contribution in [2.24, 2.45) is 0 Å². The summed E-state index contributed by atoms with van der Waals surface area (Å²) in [7, 11) is 1.62. The lowest BCUT2D eigenvalue weighted by atomic mass is 10.1. The van der Waals surface area contributed by atoms with E-state index in [0.29, 0.717) is 16.4 Å². The predicted octanol–water partition coefficient (Wildman–Crippen LogP) is 3.49. The Morgan fingerprint density at radius 3 is 2.65 bits per heavy atom. The summed E-state index contributed by atoms with van der Waals surface area (Å²) in [6, 6.07) is 11.0. The molecule has 0 aliphatic heterocycles. The van der Waals surface area contributed by atoms with Gasteiger partial charge in [-0.15, -0.1) is 0 Å². The van der Waals surface area contributed by atoms with Crippen molar-refractivity contribution in [3.8, 4) is 5.75 Å². The smallest absolute Gasteiger partial charge is 0.271 e. The van der Waals surface area contributed by atoms with Crippen molar-refractivity contribution >= 4 is 23.2 Å². The Kier molecular flexibility index (Phi) is 4.21. The molecule has 6 heteroatoms. The maximum Gasteiger partial charge on any atom is 0.271 e. The molecule has 3 aromatic rings. The van der Waals surface area contributed by atoms with Crippen molar-refractivity contribution in [1.29, 1.82) is 0 Å². The topological polar surface area (TPSA) is 55.6 Å². The summed E-state index contributed by atoms with van der Waals surface area (Å²) < 4.78 is 6.86. The number of aromatic nitrogens is 2. The normalized spacial score (nSPS) is 12.1. The van der Waals surface area contributed by atoms with Crippen LogP contribution in [0.3, 0.4) is 0 Å². The standard InChI is InChI=1S/C17H16ClN3O2/c1-11(12-3-6-14(23-2)7-4-12)19-17(22)15-10-21-9-13(18)5-8-16(21)20-15/h3-11H,1-2H3,(H,19,22)/t11-/m1/s1. The highest BCUT2D eigenvalue weighted by atomic mass is 35.5. The van der Waals surface area contributed by atoms with Gasteiger partial charge in [-0.05, 0) is 36.8 Å². The number of hydrogen-bond donors (Lipinski definition) is 1. The number of carbonyl (C=O) groups excluding carboxylic acids is 1. The van der Waals surface area contributed by atoms with E-state index in [9.17, 15) is 4.79 Å². The predicted molar refractivity (Wildman–Crippen MR) is 89.1 cm³/mol. The van der Waals surface area contributed by atoms with Gasteiger partial charge in [0.2, 0.25) is 0 Å². The van der Waals surface area contributed by atoms with Gasteiger partial charge < -0.3 is 14.5 Å². The van der Waals surface area contributed by atoms with Gasteiger partial charge in [-0.1, -0.05) is 23.7 Å². The van der Waals surface area contributed by atoms with E-state index in [1.807, 2.05) is 31.2 Å². The summed E-state index contributed by atoms with van der Waals surface area (Å²) in [6.45, 7) is 1.92. The summed E-state index contributed by atoms with van der Waals surface area (Å²) in [5.41, 5.74) is 2.02. The van der Waals surface area contributed by atoms with Crippen LogP contribution in [0.5, 0.6) is 5.75 Å². The summed E-state index contributed by atoms with van der Waals surface area (Å²) >= 11 is 5.94. The van der Waals surface area contributed by atoms with Gasteiger partial charge in [-0.3, -0.25) is 4.79 Å². The Morgan fingerprint density at radius 1 is 1.22 bits per heavy atom. The Hall–Kier alpha value is -2.53. The number of imidazole rings is 1. The molecule has 2 aromatic heterocycles. The fourth-order valence-electron chi connectivity index (χ4n) is 2.32. The molecule has 0 aliphatic rings. The van der Waals surface area contributed by atoms with Crippen LogP contribution < -0.4 is 10.1 Å². The number of fused-ring (bicyclic) bond motifs is 1. The van der Waals surface area contributed by atoms with Crippen LogP contribution in [0.25, 0.3) is 5.65 Å². The zero-order valence-electron chi connectivity index (χ0n) is 12.8. The van der Waals surface area contributed by atoms with Gasteiger partial charge in [0.1, 0.15) is 17.1 Å². The van der Waals surface area contributed by atoms with E-state index < -0.39 is 0 Å². The number of nitrogens with one attached hydrogen (secondary N) is 1. The van der Waals surface area contributed by atoms with Gasteiger partial charge in [0, 0.05) is 12.4 Å². The molecular formula is C17H16ClN3O2. The van der Waals surface area contributed by atoms with Gasteiger partial charge in [0.25, 0.3) is 5.91 Å². The third-order valence-electron chi connectivity index (χ3n) is 3.61. The molecule has 23 heavy (non-hydrogen) atoms. The van der Waals surface area contributed by atoms with Crippen LogP contribution in [0, 0.1) is 0 Å². The van der Waals surface area contributed by atoms with Gasteiger partial charge in [0.05, 0.1) is 18.2 Å². The number of rotatable bonds is 4. The van der Waals surface area contributed by atoms with Crippen molar-refractivity contribution in [1.82, 2.24) is 14.7 Å². The van der Waals surface area contributed by atoms with Gasteiger partial charge in [-0.2, -0.15) is 0 Å². The van der Waals surface area contributed by atoms with Gasteiger partial charge >= 0.3 is 0 Å². The van der Waals surface area contributed by atoms with E-state index in [2.05, 4.69) is 10.3 Å². The summed E-state index contributed by atoms with van der Waals surface area (Å²) in [5.74, 6) is 0.553. The molecule has 0 spiro atoms. The molecule has 0 saturated carbocycles. The third kappa shape index (κ3) is 3.29. The van der Waals surface area contributed by atoms with Gasteiger partial charge in [-0.25, -0.2) is 4.98 Å². The first-order valence-electron chi connectivity index (χ1n) is 7.16. The maximum atomic E-state index is 12.4. The molecule has 0 aliphatic carbocycles. The van der Waals surface area contributed by atoms with Crippen molar-refractivity contribution in [2.45, 2.75) is 13.0 Å². The average Bonchev–Trinajstić information content (AvgIpc) is 2.98. The molecule has 1 amide bonds. The monoisotopic (exact) mass is 329 g/mol. The molecule has 5 nitrogen and oxygen atoms in total. The second kappa shape index (κ2) is 6.30. The fourth-order valence-corrected chi connectivity index (χ4v) is 2.49. The number of amides is 1. The SMILES string of the molecule is COc1ccc([C@@H](C)NC(=O)c2cn3cc(Cl)ccc3n2)cc1. The Balaban J connectivity index is 1.76. The lowest BCUT2D eigenvalue weighted by molar-refractivity contribution is 0.0935. The molecule has 0 unspecified atom stereocenters. The number of nitrogens with zero attached hydrogens (tertiary/aromatic N) is 2. The highest BCUT2D eigenvalue weighted by Gasteiger charge is 2.14. The van der Waals surface area contributed by atoms with Crippen LogP contribution >= 0.6 is 11.6 Å². The number of ether oxygens (including phenoxy) is 1. The second-order valence-electron chi connectivity index (χ2n) is 5.21. The molecule has 3 rings (SSSR count). The molecule has 1 atom stereocenters. The summed E-state index contributed by atoms with van der Waals surface area (Å²) in [4.78, 5) is 16.7. The molecule has 1 aromatic carbocycles. The van der Waals surface area contributed by atoms with Crippen LogP contribution in [0.1, 0.15) is 29.0 Å². The zero-order chi connectivity index (χ0) is 16.4. The molecule has 0 bridgehead atoms. The lowest BCUT2D eigenvalue weighted by Crippen LogP contribution is -2.26. The van der Waals surface area contributed by atoms with Crippen LogP contribution in [0.15, 0.2) is 48.8 Å². The molecule has 0 fully saturated rings. The largest absolute Gasteiger partial charge is 0.497 e. The number of benzene rings is 1. The first-order valence-corrected chi connectivity index (χ1v) is 7.53. The van der Waals surface area contributed by atoms with Crippen LogP contribution in [0.4, 0.5) is 0 Å². The van der Waals surface area contributed by atoms with Gasteiger partial charge in [0.15, 0.2) is 0 Å². The lowest BCUT2D eigenvalue weighted by Gasteiger charge is -2.13. The quantitative estimate of drug-likeness (QED) is 0.797. The minimum atomic E-state index is -0.229. The minimum absolute atomic E-state index is 0.137. The zero-order valence-corrected chi connectivity index (χ0v) is 13.5. The second-order valence-corrected chi connectivity index (χ2v) is 5.64. The Labute approximate surface area is 138 Å². The highest BCUT2D eigenvalue weighted by Crippen LogP contribution is 2.18. The average molecular weight is 330 g/mol.